The lowest BCUT2D eigenvalue weighted by molar-refractivity contribution is 0.407. The molecule has 2 rings (SSSR count). The summed E-state index contributed by atoms with van der Waals surface area (Å²) in [5.74, 6) is 0.941. The predicted octanol–water partition coefficient (Wildman–Crippen LogP) is 2.81. The quantitative estimate of drug-likeness (QED) is 0.845. The zero-order valence-electron chi connectivity index (χ0n) is 11.0. The molecule has 0 amide bonds. The molecule has 1 heterocycles. The Morgan fingerprint density at radius 3 is 2.72 bits per heavy atom. The predicted molar refractivity (Wildman–Crippen MR) is 73.6 cm³/mol. The SMILES string of the molecule is CCn1ccc(CNCc2ccccc2OC)c1. The zero-order valence-corrected chi connectivity index (χ0v) is 11.0. The smallest absolute Gasteiger partial charge is 0.123 e. The van der Waals surface area contributed by atoms with Gasteiger partial charge < -0.3 is 14.6 Å². The molecular weight excluding hydrogens is 224 g/mol. The lowest BCUT2D eigenvalue weighted by Gasteiger charge is -2.08. The van der Waals surface area contributed by atoms with Crippen molar-refractivity contribution in [3.05, 3.63) is 53.9 Å². The Balaban J connectivity index is 1.88. The molecule has 0 aliphatic heterocycles. The number of hydrogen-bond donors (Lipinski definition) is 1. The Bertz CT molecular complexity index is 491. The molecule has 0 saturated heterocycles. The highest BCUT2D eigenvalue weighted by atomic mass is 16.5. The summed E-state index contributed by atoms with van der Waals surface area (Å²) in [4.78, 5) is 0. The number of aryl methyl sites for hydroxylation is 1. The van der Waals surface area contributed by atoms with E-state index in [-0.39, 0.29) is 0 Å². The number of rotatable bonds is 6. The Morgan fingerprint density at radius 1 is 1.17 bits per heavy atom. The number of benzene rings is 1. The molecular formula is C15H20N2O. The van der Waals surface area contributed by atoms with Crippen LogP contribution in [0.2, 0.25) is 0 Å². The molecule has 96 valence electrons. The van der Waals surface area contributed by atoms with Gasteiger partial charge in [0.1, 0.15) is 5.75 Å². The van der Waals surface area contributed by atoms with Crippen LogP contribution in [0.15, 0.2) is 42.7 Å². The minimum absolute atomic E-state index is 0.821. The van der Waals surface area contributed by atoms with Crippen LogP contribution in [-0.2, 0) is 19.6 Å². The van der Waals surface area contributed by atoms with Crippen LogP contribution in [0, 0.1) is 0 Å². The molecule has 18 heavy (non-hydrogen) atoms. The summed E-state index contributed by atoms with van der Waals surface area (Å²) in [6, 6.07) is 10.3. The van der Waals surface area contributed by atoms with E-state index in [2.05, 4.69) is 41.3 Å². The average Bonchev–Trinajstić information content (AvgIpc) is 2.87. The summed E-state index contributed by atoms with van der Waals surface area (Å²) in [7, 11) is 1.71. The van der Waals surface area contributed by atoms with Crippen molar-refractivity contribution < 1.29 is 4.74 Å². The van der Waals surface area contributed by atoms with E-state index in [1.54, 1.807) is 7.11 Å². The normalized spacial score (nSPS) is 10.6. The molecule has 0 bridgehead atoms. The monoisotopic (exact) mass is 244 g/mol. The van der Waals surface area contributed by atoms with Gasteiger partial charge >= 0.3 is 0 Å². The zero-order chi connectivity index (χ0) is 12.8. The van der Waals surface area contributed by atoms with E-state index in [1.165, 1.54) is 11.1 Å². The lowest BCUT2D eigenvalue weighted by Crippen LogP contribution is -2.13. The second-order valence-corrected chi connectivity index (χ2v) is 4.27. The number of aromatic nitrogens is 1. The molecule has 0 fully saturated rings. The van der Waals surface area contributed by atoms with Crippen LogP contribution in [0.3, 0.4) is 0 Å². The van der Waals surface area contributed by atoms with Crippen LogP contribution in [-0.4, -0.2) is 11.7 Å². The summed E-state index contributed by atoms with van der Waals surface area (Å²) in [6.07, 6.45) is 4.29. The third kappa shape index (κ3) is 3.14. The van der Waals surface area contributed by atoms with Crippen molar-refractivity contribution in [1.82, 2.24) is 9.88 Å². The number of para-hydroxylation sites is 1. The number of nitrogens with zero attached hydrogens (tertiary/aromatic N) is 1. The highest BCUT2D eigenvalue weighted by Gasteiger charge is 2.01. The first kappa shape index (κ1) is 12.7. The van der Waals surface area contributed by atoms with Gasteiger partial charge in [0.25, 0.3) is 0 Å². The Kier molecular flexibility index (Phi) is 4.42. The third-order valence-electron chi connectivity index (χ3n) is 3.01. The molecule has 1 N–H and O–H groups in total. The van der Waals surface area contributed by atoms with Crippen LogP contribution in [0.1, 0.15) is 18.1 Å². The molecule has 3 nitrogen and oxygen atoms in total. The minimum atomic E-state index is 0.821. The Labute approximate surface area is 108 Å². The summed E-state index contributed by atoms with van der Waals surface area (Å²) in [5.41, 5.74) is 2.50. The van der Waals surface area contributed by atoms with Crippen molar-refractivity contribution in [1.29, 1.82) is 0 Å². The summed E-state index contributed by atoms with van der Waals surface area (Å²) in [6.45, 7) is 4.87. The topological polar surface area (TPSA) is 26.2 Å². The van der Waals surface area contributed by atoms with Gasteiger partial charge in [0.05, 0.1) is 7.11 Å². The molecule has 0 unspecified atom stereocenters. The maximum absolute atomic E-state index is 5.33. The molecule has 0 aliphatic rings. The van der Waals surface area contributed by atoms with Gasteiger partial charge in [-0.2, -0.15) is 0 Å². The van der Waals surface area contributed by atoms with E-state index in [1.807, 2.05) is 18.2 Å². The molecule has 0 atom stereocenters. The maximum atomic E-state index is 5.33. The summed E-state index contributed by atoms with van der Waals surface area (Å²) < 4.78 is 7.51. The highest BCUT2D eigenvalue weighted by molar-refractivity contribution is 5.33. The first-order valence-corrected chi connectivity index (χ1v) is 6.30. The van der Waals surface area contributed by atoms with Gasteiger partial charge in [-0.05, 0) is 24.6 Å². The fraction of sp³-hybridized carbons (Fsp3) is 0.333. The van der Waals surface area contributed by atoms with Gasteiger partial charge in [-0.3, -0.25) is 0 Å². The van der Waals surface area contributed by atoms with Gasteiger partial charge in [0.2, 0.25) is 0 Å². The standard InChI is InChI=1S/C15H20N2O/c1-3-17-9-8-13(12-17)10-16-11-14-6-4-5-7-15(14)18-2/h4-9,12,16H,3,10-11H2,1-2H3. The van der Waals surface area contributed by atoms with Crippen molar-refractivity contribution in [2.45, 2.75) is 26.6 Å². The second-order valence-electron chi connectivity index (χ2n) is 4.27. The average molecular weight is 244 g/mol. The van der Waals surface area contributed by atoms with E-state index >= 15 is 0 Å². The molecule has 0 spiro atoms. The molecule has 2 aromatic rings. The molecule has 3 heteroatoms. The molecule has 0 radical (unpaired) electrons. The highest BCUT2D eigenvalue weighted by Crippen LogP contribution is 2.16. The van der Waals surface area contributed by atoms with Crippen molar-refractivity contribution in [2.75, 3.05) is 7.11 Å². The first-order valence-electron chi connectivity index (χ1n) is 6.30. The molecule has 1 aromatic carbocycles. The van der Waals surface area contributed by atoms with Crippen LogP contribution >= 0.6 is 0 Å². The second kappa shape index (κ2) is 6.26. The van der Waals surface area contributed by atoms with Gasteiger partial charge in [-0.25, -0.2) is 0 Å². The van der Waals surface area contributed by atoms with E-state index < -0.39 is 0 Å². The van der Waals surface area contributed by atoms with Crippen molar-refractivity contribution >= 4 is 0 Å². The maximum Gasteiger partial charge on any atom is 0.123 e. The largest absolute Gasteiger partial charge is 0.496 e. The molecule has 0 saturated carbocycles. The van der Waals surface area contributed by atoms with Crippen LogP contribution in [0.4, 0.5) is 0 Å². The van der Waals surface area contributed by atoms with Crippen LogP contribution in [0.25, 0.3) is 0 Å². The number of nitrogens with one attached hydrogen (secondary N) is 1. The van der Waals surface area contributed by atoms with Gasteiger partial charge in [-0.1, -0.05) is 18.2 Å². The Morgan fingerprint density at radius 2 is 2.00 bits per heavy atom. The van der Waals surface area contributed by atoms with E-state index in [0.29, 0.717) is 0 Å². The molecule has 0 aliphatic carbocycles. The fourth-order valence-electron chi connectivity index (χ4n) is 1.98. The van der Waals surface area contributed by atoms with Crippen molar-refractivity contribution in [2.24, 2.45) is 0 Å². The van der Waals surface area contributed by atoms with Crippen molar-refractivity contribution in [3.8, 4) is 5.75 Å². The number of ether oxygens (including phenoxy) is 1. The lowest BCUT2D eigenvalue weighted by atomic mass is 10.2. The van der Waals surface area contributed by atoms with Gasteiger partial charge in [0.15, 0.2) is 0 Å². The fourth-order valence-corrected chi connectivity index (χ4v) is 1.98. The van der Waals surface area contributed by atoms with Gasteiger partial charge in [-0.15, -0.1) is 0 Å². The third-order valence-corrected chi connectivity index (χ3v) is 3.01. The minimum Gasteiger partial charge on any atom is -0.496 e. The van der Waals surface area contributed by atoms with E-state index in [0.717, 1.165) is 25.4 Å². The number of hydrogen-bond acceptors (Lipinski definition) is 2. The molecule has 1 aromatic heterocycles. The summed E-state index contributed by atoms with van der Waals surface area (Å²) in [5, 5.41) is 3.44. The first-order chi connectivity index (χ1) is 8.83. The van der Waals surface area contributed by atoms with E-state index in [4.69, 9.17) is 4.74 Å². The van der Waals surface area contributed by atoms with Crippen LogP contribution < -0.4 is 10.1 Å². The van der Waals surface area contributed by atoms with Crippen molar-refractivity contribution in [3.63, 3.8) is 0 Å². The van der Waals surface area contributed by atoms with Gasteiger partial charge in [0, 0.05) is 37.6 Å². The summed E-state index contributed by atoms with van der Waals surface area (Å²) >= 11 is 0. The number of methoxy groups -OCH3 is 1. The van der Waals surface area contributed by atoms with E-state index in [9.17, 15) is 0 Å². The van der Waals surface area contributed by atoms with Crippen LogP contribution in [0.5, 0.6) is 5.75 Å². The Hall–Kier alpha value is -1.74.